The summed E-state index contributed by atoms with van der Waals surface area (Å²) in [5.74, 6) is 2.89. The minimum Gasteiger partial charge on any atom is -0.379 e. The van der Waals surface area contributed by atoms with Crippen molar-refractivity contribution in [2.45, 2.75) is 45.3 Å². The van der Waals surface area contributed by atoms with Gasteiger partial charge in [0.25, 0.3) is 0 Å². The average Bonchev–Trinajstić information content (AvgIpc) is 3.43. The standard InChI is InChI=1S/C20H31N7OS.HI/c1-2-21-20(23-15-19-25-24-18-7-3-4-8-27(18)19)22-14-16(17-6-5-13-29-17)26-9-11-28-12-10-26;/h5-6,13,16H,2-4,7-12,14-15H2,1H3,(H2,21,22,23);1H. The van der Waals surface area contributed by atoms with Crippen molar-refractivity contribution in [2.75, 3.05) is 39.4 Å². The van der Waals surface area contributed by atoms with Crippen molar-refractivity contribution >= 4 is 41.3 Å². The summed E-state index contributed by atoms with van der Waals surface area (Å²) in [7, 11) is 0. The van der Waals surface area contributed by atoms with Crippen LogP contribution < -0.4 is 10.6 Å². The fourth-order valence-electron chi connectivity index (χ4n) is 3.95. The number of aliphatic imine (C=N–C) groups is 1. The van der Waals surface area contributed by atoms with Crippen molar-refractivity contribution in [3.8, 4) is 0 Å². The van der Waals surface area contributed by atoms with E-state index in [2.05, 4.69) is 54.7 Å². The molecular formula is C20H32IN7OS. The summed E-state index contributed by atoms with van der Waals surface area (Å²) in [6.07, 6.45) is 3.43. The SMILES string of the molecule is CCNC(=NCc1nnc2n1CCCC2)NCC(c1cccs1)N1CCOCC1.I. The van der Waals surface area contributed by atoms with Crippen LogP contribution >= 0.6 is 35.3 Å². The third-order valence-electron chi connectivity index (χ3n) is 5.48. The molecule has 2 aliphatic heterocycles. The quantitative estimate of drug-likeness (QED) is 0.316. The number of hydrogen-bond acceptors (Lipinski definition) is 6. The molecule has 0 saturated carbocycles. The van der Waals surface area contributed by atoms with E-state index < -0.39 is 0 Å². The Morgan fingerprint density at radius 2 is 2.10 bits per heavy atom. The van der Waals surface area contributed by atoms with Crippen molar-refractivity contribution in [1.82, 2.24) is 30.3 Å². The van der Waals surface area contributed by atoms with Gasteiger partial charge in [-0.05, 0) is 31.2 Å². The van der Waals surface area contributed by atoms with Crippen molar-refractivity contribution in [1.29, 1.82) is 0 Å². The van der Waals surface area contributed by atoms with E-state index in [9.17, 15) is 0 Å². The highest BCUT2D eigenvalue weighted by Crippen LogP contribution is 2.25. The number of nitrogens with zero attached hydrogens (tertiary/aromatic N) is 5. The van der Waals surface area contributed by atoms with Crippen LogP contribution in [0.1, 0.15) is 42.3 Å². The highest BCUT2D eigenvalue weighted by atomic mass is 127. The number of fused-ring (bicyclic) bond motifs is 1. The summed E-state index contributed by atoms with van der Waals surface area (Å²) >= 11 is 1.81. The van der Waals surface area contributed by atoms with Gasteiger partial charge in [-0.25, -0.2) is 4.99 Å². The molecule has 1 fully saturated rings. The smallest absolute Gasteiger partial charge is 0.191 e. The number of rotatable bonds is 7. The summed E-state index contributed by atoms with van der Waals surface area (Å²) < 4.78 is 7.78. The Kier molecular flexibility index (Phi) is 9.34. The number of halogens is 1. The Balaban J connectivity index is 0.00000256. The first-order valence-electron chi connectivity index (χ1n) is 10.6. The normalized spacial score (nSPS) is 18.4. The molecule has 0 bridgehead atoms. The molecule has 0 aliphatic carbocycles. The van der Waals surface area contributed by atoms with Crippen LogP contribution in [0.2, 0.25) is 0 Å². The number of hydrogen-bond donors (Lipinski definition) is 2. The van der Waals surface area contributed by atoms with Crippen LogP contribution in [0.5, 0.6) is 0 Å². The van der Waals surface area contributed by atoms with Crippen LogP contribution in [0.4, 0.5) is 0 Å². The van der Waals surface area contributed by atoms with Gasteiger partial charge in [0.2, 0.25) is 0 Å². The predicted octanol–water partition coefficient (Wildman–Crippen LogP) is 2.42. The molecule has 1 unspecified atom stereocenters. The first kappa shape index (κ1) is 23.4. The molecule has 0 radical (unpaired) electrons. The van der Waals surface area contributed by atoms with Crippen LogP contribution in [0.3, 0.4) is 0 Å². The highest BCUT2D eigenvalue weighted by molar-refractivity contribution is 14.0. The first-order valence-corrected chi connectivity index (χ1v) is 11.5. The van der Waals surface area contributed by atoms with Gasteiger partial charge in [0.05, 0.1) is 19.3 Å². The van der Waals surface area contributed by atoms with Gasteiger partial charge in [-0.2, -0.15) is 0 Å². The molecule has 1 atom stereocenters. The minimum atomic E-state index is 0. The maximum absolute atomic E-state index is 5.55. The fourth-order valence-corrected chi connectivity index (χ4v) is 4.81. The van der Waals surface area contributed by atoms with Crippen LogP contribution in [0.25, 0.3) is 0 Å². The van der Waals surface area contributed by atoms with Gasteiger partial charge in [0, 0.05) is 44.0 Å². The second-order valence-corrected chi connectivity index (χ2v) is 8.38. The average molecular weight is 545 g/mol. The molecule has 0 amide bonds. The van der Waals surface area contributed by atoms with E-state index in [1.165, 1.54) is 17.7 Å². The predicted molar refractivity (Wildman–Crippen MR) is 131 cm³/mol. The largest absolute Gasteiger partial charge is 0.379 e. The molecule has 2 N–H and O–H groups in total. The second-order valence-electron chi connectivity index (χ2n) is 7.40. The Labute approximate surface area is 199 Å². The molecule has 166 valence electrons. The number of aromatic nitrogens is 3. The maximum Gasteiger partial charge on any atom is 0.191 e. The molecule has 30 heavy (non-hydrogen) atoms. The van der Waals surface area contributed by atoms with E-state index >= 15 is 0 Å². The summed E-state index contributed by atoms with van der Waals surface area (Å²) in [6.45, 7) is 8.80. The van der Waals surface area contributed by atoms with E-state index in [1.54, 1.807) is 0 Å². The van der Waals surface area contributed by atoms with Crippen LogP contribution in [0.15, 0.2) is 22.5 Å². The van der Waals surface area contributed by atoms with Crippen LogP contribution in [0, 0.1) is 0 Å². The molecule has 2 aromatic rings. The lowest BCUT2D eigenvalue weighted by molar-refractivity contribution is 0.0177. The van der Waals surface area contributed by atoms with Crippen molar-refractivity contribution in [3.63, 3.8) is 0 Å². The number of nitrogens with one attached hydrogen (secondary N) is 2. The molecule has 10 heteroatoms. The number of ether oxygens (including phenoxy) is 1. The Bertz CT molecular complexity index is 789. The molecular weight excluding hydrogens is 513 g/mol. The molecule has 2 aromatic heterocycles. The van der Waals surface area contributed by atoms with E-state index in [4.69, 9.17) is 9.73 Å². The van der Waals surface area contributed by atoms with Crippen LogP contribution in [-0.2, 0) is 24.2 Å². The lowest BCUT2D eigenvalue weighted by Gasteiger charge is -2.34. The first-order chi connectivity index (χ1) is 14.3. The zero-order chi connectivity index (χ0) is 19.9. The third kappa shape index (κ3) is 5.92. The van der Waals surface area contributed by atoms with E-state index in [-0.39, 0.29) is 24.0 Å². The zero-order valence-corrected chi connectivity index (χ0v) is 20.7. The minimum absolute atomic E-state index is 0. The maximum atomic E-state index is 5.55. The monoisotopic (exact) mass is 545 g/mol. The third-order valence-corrected chi connectivity index (χ3v) is 6.45. The Morgan fingerprint density at radius 1 is 1.23 bits per heavy atom. The number of morpholine rings is 1. The molecule has 2 aliphatic rings. The molecule has 8 nitrogen and oxygen atoms in total. The molecule has 4 heterocycles. The van der Waals surface area contributed by atoms with E-state index in [0.29, 0.717) is 12.6 Å². The van der Waals surface area contributed by atoms with Crippen LogP contribution in [-0.4, -0.2) is 65.0 Å². The van der Waals surface area contributed by atoms with Gasteiger partial charge in [-0.15, -0.1) is 45.5 Å². The zero-order valence-electron chi connectivity index (χ0n) is 17.5. The van der Waals surface area contributed by atoms with Crippen molar-refractivity contribution < 1.29 is 4.74 Å². The van der Waals surface area contributed by atoms with E-state index in [1.807, 2.05) is 11.3 Å². The fraction of sp³-hybridized carbons (Fsp3) is 0.650. The second kappa shape index (κ2) is 12.0. The van der Waals surface area contributed by atoms with Crippen molar-refractivity contribution in [3.05, 3.63) is 34.0 Å². The Morgan fingerprint density at radius 3 is 2.87 bits per heavy atom. The Hall–Kier alpha value is -1.24. The molecule has 0 spiro atoms. The molecule has 1 saturated heterocycles. The summed E-state index contributed by atoms with van der Waals surface area (Å²) in [4.78, 5) is 8.67. The number of aryl methyl sites for hydroxylation is 1. The molecule has 0 aromatic carbocycles. The summed E-state index contributed by atoms with van der Waals surface area (Å²) in [6, 6.07) is 4.67. The number of thiophene rings is 1. The topological polar surface area (TPSA) is 79.6 Å². The van der Waals surface area contributed by atoms with E-state index in [0.717, 1.165) is 70.0 Å². The molecule has 4 rings (SSSR count). The number of guanidine groups is 1. The van der Waals surface area contributed by atoms with Gasteiger partial charge >= 0.3 is 0 Å². The van der Waals surface area contributed by atoms with Gasteiger partial charge in [-0.3, -0.25) is 4.90 Å². The van der Waals surface area contributed by atoms with Gasteiger partial charge in [0.1, 0.15) is 12.4 Å². The lowest BCUT2D eigenvalue weighted by atomic mass is 10.2. The highest BCUT2D eigenvalue weighted by Gasteiger charge is 2.23. The summed E-state index contributed by atoms with van der Waals surface area (Å²) in [5.41, 5.74) is 0. The van der Waals surface area contributed by atoms with Gasteiger partial charge in [-0.1, -0.05) is 6.07 Å². The van der Waals surface area contributed by atoms with Crippen molar-refractivity contribution in [2.24, 2.45) is 4.99 Å². The van der Waals surface area contributed by atoms with Gasteiger partial charge < -0.3 is 19.9 Å². The van der Waals surface area contributed by atoms with Gasteiger partial charge in [0.15, 0.2) is 11.8 Å². The summed E-state index contributed by atoms with van der Waals surface area (Å²) in [5, 5.41) is 17.8. The lowest BCUT2D eigenvalue weighted by Crippen LogP contribution is -2.46.